The summed E-state index contributed by atoms with van der Waals surface area (Å²) < 4.78 is 19.0. The van der Waals surface area contributed by atoms with E-state index in [1.807, 2.05) is 0 Å². The average molecular weight is 281 g/mol. The molecular formula is C16H24FNO2. The Balaban J connectivity index is 1.91. The van der Waals surface area contributed by atoms with Crippen LogP contribution in [-0.2, 0) is 0 Å². The number of aliphatic hydroxyl groups is 1. The van der Waals surface area contributed by atoms with Gasteiger partial charge in [-0.25, -0.2) is 4.39 Å². The molecule has 0 spiro atoms. The van der Waals surface area contributed by atoms with Crippen LogP contribution in [0.2, 0.25) is 0 Å². The second kappa shape index (κ2) is 7.04. The van der Waals surface area contributed by atoms with E-state index in [0.29, 0.717) is 24.0 Å². The minimum Gasteiger partial charge on any atom is -0.493 e. The Bertz CT molecular complexity index is 436. The van der Waals surface area contributed by atoms with E-state index < -0.39 is 6.10 Å². The number of likely N-dealkylation sites (tertiary alicyclic amines) is 1. The first-order valence-electron chi connectivity index (χ1n) is 7.38. The van der Waals surface area contributed by atoms with Crippen molar-refractivity contribution >= 4 is 0 Å². The van der Waals surface area contributed by atoms with Gasteiger partial charge in [0, 0.05) is 17.7 Å². The van der Waals surface area contributed by atoms with Crippen LogP contribution < -0.4 is 4.74 Å². The molecule has 1 unspecified atom stereocenters. The fourth-order valence-electron chi connectivity index (χ4n) is 2.79. The van der Waals surface area contributed by atoms with Crippen LogP contribution in [0.25, 0.3) is 0 Å². The van der Waals surface area contributed by atoms with Crippen molar-refractivity contribution in [2.75, 3.05) is 20.2 Å². The van der Waals surface area contributed by atoms with E-state index in [0.717, 1.165) is 13.0 Å². The average Bonchev–Trinajstić information content (AvgIpc) is 2.41. The molecule has 0 aliphatic carbocycles. The first-order valence-corrected chi connectivity index (χ1v) is 7.38. The predicted molar refractivity (Wildman–Crippen MR) is 77.4 cm³/mol. The van der Waals surface area contributed by atoms with Crippen molar-refractivity contribution in [3.63, 3.8) is 0 Å². The molecule has 0 bridgehead atoms. The van der Waals surface area contributed by atoms with Gasteiger partial charge in [-0.2, -0.15) is 0 Å². The van der Waals surface area contributed by atoms with Crippen LogP contribution in [0, 0.1) is 5.82 Å². The number of piperidine rings is 1. The normalized spacial score (nSPS) is 21.7. The third-order valence-electron chi connectivity index (χ3n) is 4.06. The standard InChI is InChI=1S/C16H24FNO2/c1-12(19)15-7-6-13(17)11-16(15)20-10-8-14-5-3-4-9-18(14)2/h6-7,11-12,14,19H,3-5,8-10H2,1-2H3/t12-,14?/m1/s1. The SMILES string of the molecule is C[C@@H](O)c1ccc(F)cc1OCCC1CCCCN1C. The highest BCUT2D eigenvalue weighted by molar-refractivity contribution is 5.35. The minimum absolute atomic E-state index is 0.334. The van der Waals surface area contributed by atoms with Crippen LogP contribution in [0.3, 0.4) is 0 Å². The Morgan fingerprint density at radius 2 is 2.25 bits per heavy atom. The Labute approximate surface area is 120 Å². The second-order valence-corrected chi connectivity index (χ2v) is 5.63. The van der Waals surface area contributed by atoms with Gasteiger partial charge in [0.25, 0.3) is 0 Å². The number of halogens is 1. The molecule has 1 N–H and O–H groups in total. The fourth-order valence-corrected chi connectivity index (χ4v) is 2.79. The van der Waals surface area contributed by atoms with Crippen LogP contribution in [-0.4, -0.2) is 36.2 Å². The minimum atomic E-state index is -0.650. The third kappa shape index (κ3) is 3.93. The zero-order valence-corrected chi connectivity index (χ0v) is 12.3. The van der Waals surface area contributed by atoms with Gasteiger partial charge in [-0.3, -0.25) is 0 Å². The maximum atomic E-state index is 13.3. The molecule has 1 saturated heterocycles. The molecule has 0 saturated carbocycles. The number of nitrogens with zero attached hydrogens (tertiary/aromatic N) is 1. The molecule has 1 aliphatic heterocycles. The Morgan fingerprint density at radius 3 is 2.95 bits per heavy atom. The molecule has 1 aliphatic rings. The Hall–Kier alpha value is -1.13. The molecule has 2 rings (SSSR count). The van der Waals surface area contributed by atoms with Crippen LogP contribution in [0.5, 0.6) is 5.75 Å². The van der Waals surface area contributed by atoms with Gasteiger partial charge >= 0.3 is 0 Å². The molecule has 0 aromatic heterocycles. The number of ether oxygens (including phenoxy) is 1. The van der Waals surface area contributed by atoms with Gasteiger partial charge in [-0.15, -0.1) is 0 Å². The van der Waals surface area contributed by atoms with Crippen molar-refractivity contribution < 1.29 is 14.2 Å². The van der Waals surface area contributed by atoms with Crippen molar-refractivity contribution in [2.24, 2.45) is 0 Å². The van der Waals surface area contributed by atoms with Crippen molar-refractivity contribution in [3.8, 4) is 5.75 Å². The van der Waals surface area contributed by atoms with Gasteiger partial charge in [0.15, 0.2) is 0 Å². The van der Waals surface area contributed by atoms with Gasteiger partial charge in [-0.05, 0) is 51.9 Å². The summed E-state index contributed by atoms with van der Waals surface area (Å²) in [5, 5.41) is 9.67. The summed E-state index contributed by atoms with van der Waals surface area (Å²) in [6, 6.07) is 4.84. The summed E-state index contributed by atoms with van der Waals surface area (Å²) in [5.41, 5.74) is 0.642. The summed E-state index contributed by atoms with van der Waals surface area (Å²) >= 11 is 0. The van der Waals surface area contributed by atoms with Gasteiger partial charge in [0.2, 0.25) is 0 Å². The molecule has 1 aromatic rings. The first-order chi connectivity index (χ1) is 9.58. The van der Waals surface area contributed by atoms with E-state index >= 15 is 0 Å². The Morgan fingerprint density at radius 1 is 1.45 bits per heavy atom. The molecule has 1 aromatic carbocycles. The van der Waals surface area contributed by atoms with E-state index in [-0.39, 0.29) is 5.82 Å². The quantitative estimate of drug-likeness (QED) is 0.900. The van der Waals surface area contributed by atoms with Crippen LogP contribution in [0.4, 0.5) is 4.39 Å². The largest absolute Gasteiger partial charge is 0.493 e. The molecule has 2 atom stereocenters. The maximum Gasteiger partial charge on any atom is 0.127 e. The molecule has 20 heavy (non-hydrogen) atoms. The predicted octanol–water partition coefficient (Wildman–Crippen LogP) is 3.13. The van der Waals surface area contributed by atoms with E-state index in [2.05, 4.69) is 11.9 Å². The molecule has 1 heterocycles. The number of aliphatic hydroxyl groups excluding tert-OH is 1. The van der Waals surface area contributed by atoms with Gasteiger partial charge in [0.05, 0.1) is 12.7 Å². The highest BCUT2D eigenvalue weighted by Gasteiger charge is 2.19. The summed E-state index contributed by atoms with van der Waals surface area (Å²) in [6.07, 6.45) is 4.03. The van der Waals surface area contributed by atoms with Gasteiger partial charge in [-0.1, -0.05) is 6.42 Å². The Kier molecular flexibility index (Phi) is 5.38. The highest BCUT2D eigenvalue weighted by Crippen LogP contribution is 2.26. The van der Waals surface area contributed by atoms with Gasteiger partial charge in [0.1, 0.15) is 11.6 Å². The monoisotopic (exact) mass is 281 g/mol. The zero-order chi connectivity index (χ0) is 14.5. The fraction of sp³-hybridized carbons (Fsp3) is 0.625. The van der Waals surface area contributed by atoms with Crippen LogP contribution >= 0.6 is 0 Å². The van der Waals surface area contributed by atoms with E-state index in [9.17, 15) is 9.50 Å². The third-order valence-corrected chi connectivity index (χ3v) is 4.06. The zero-order valence-electron chi connectivity index (χ0n) is 12.3. The second-order valence-electron chi connectivity index (χ2n) is 5.63. The topological polar surface area (TPSA) is 32.7 Å². The van der Waals surface area contributed by atoms with Crippen molar-refractivity contribution in [3.05, 3.63) is 29.6 Å². The van der Waals surface area contributed by atoms with Crippen LogP contribution in [0.1, 0.15) is 44.3 Å². The lowest BCUT2D eigenvalue weighted by molar-refractivity contribution is 0.149. The maximum absolute atomic E-state index is 13.3. The van der Waals surface area contributed by atoms with Crippen LogP contribution in [0.15, 0.2) is 18.2 Å². The lowest BCUT2D eigenvalue weighted by Gasteiger charge is -2.32. The summed E-state index contributed by atoms with van der Waals surface area (Å²) in [6.45, 7) is 3.36. The first kappa shape index (κ1) is 15.3. The molecule has 0 radical (unpaired) electrons. The number of rotatable bonds is 5. The van der Waals surface area contributed by atoms with E-state index in [1.165, 1.54) is 31.4 Å². The molecule has 3 nitrogen and oxygen atoms in total. The number of benzene rings is 1. The summed E-state index contributed by atoms with van der Waals surface area (Å²) in [7, 11) is 2.15. The summed E-state index contributed by atoms with van der Waals surface area (Å²) in [4.78, 5) is 2.37. The lowest BCUT2D eigenvalue weighted by Crippen LogP contribution is -2.37. The molecular weight excluding hydrogens is 257 g/mol. The van der Waals surface area contributed by atoms with Crippen molar-refractivity contribution in [2.45, 2.75) is 44.8 Å². The highest BCUT2D eigenvalue weighted by atomic mass is 19.1. The summed E-state index contributed by atoms with van der Waals surface area (Å²) in [5.74, 6) is 0.123. The molecule has 112 valence electrons. The molecule has 4 heteroatoms. The smallest absolute Gasteiger partial charge is 0.127 e. The van der Waals surface area contributed by atoms with Gasteiger partial charge < -0.3 is 14.7 Å². The van der Waals surface area contributed by atoms with E-state index in [4.69, 9.17) is 4.74 Å². The molecule has 0 amide bonds. The van der Waals surface area contributed by atoms with Crippen molar-refractivity contribution in [1.29, 1.82) is 0 Å². The lowest BCUT2D eigenvalue weighted by atomic mass is 10.0. The number of hydrogen-bond donors (Lipinski definition) is 1. The van der Waals surface area contributed by atoms with E-state index in [1.54, 1.807) is 13.0 Å². The van der Waals surface area contributed by atoms with Crippen molar-refractivity contribution in [1.82, 2.24) is 4.90 Å². The number of hydrogen-bond acceptors (Lipinski definition) is 3. The molecule has 1 fully saturated rings.